The van der Waals surface area contributed by atoms with Crippen molar-refractivity contribution in [2.24, 2.45) is 0 Å². The molecule has 0 aromatic carbocycles. The average Bonchev–Trinajstić information content (AvgIpc) is 3.42. The van der Waals surface area contributed by atoms with Crippen LogP contribution in [0, 0.1) is 0 Å². The summed E-state index contributed by atoms with van der Waals surface area (Å²) in [5.74, 6) is -3.11. The van der Waals surface area contributed by atoms with E-state index >= 15 is 0 Å². The molecule has 1 rings (SSSR count). The van der Waals surface area contributed by atoms with Crippen LogP contribution in [0.15, 0.2) is 48.6 Å². The molecular weight excluding hydrogens is 973 g/mol. The van der Waals surface area contributed by atoms with E-state index in [-0.39, 0.29) is 25.9 Å². The van der Waals surface area contributed by atoms with Gasteiger partial charge in [0.2, 0.25) is 0 Å². The number of carbonyl (C=O) groups excluding carboxylic acids is 3. The standard InChI is InChI=1S/C65H114O12/c1-4-7-10-13-16-19-22-24-26-28-29-31-33-35-38-41-44-47-50-53-59(68)76-63-61(70)60(69)62(64(71)72)77-65(63)74-55-56(75-58(67)52-49-46-43-40-36-21-18-15-12-9-6-3)54-73-57(66)51-48-45-42-39-37-34-32-30-27-25-23-20-17-14-11-8-5-2/h7,10,16,19,24,26,29,31,56,60-63,65,69-70H,4-6,8-9,11-15,17-18,20-23,25,27-28,30,32-55H2,1-3H3,(H,71,72)/b10-7-,19-16-,26-24-,31-29-. The fourth-order valence-electron chi connectivity index (χ4n) is 9.60. The normalized spacial score (nSPS) is 18.3. The Balaban J connectivity index is 2.63. The lowest BCUT2D eigenvalue weighted by molar-refractivity contribution is -0.301. The van der Waals surface area contributed by atoms with Gasteiger partial charge >= 0.3 is 23.9 Å². The molecule has 1 aliphatic heterocycles. The van der Waals surface area contributed by atoms with Gasteiger partial charge in [0.05, 0.1) is 6.61 Å². The Morgan fingerprint density at radius 1 is 0.442 bits per heavy atom. The number of aliphatic hydroxyl groups excluding tert-OH is 2. The third kappa shape index (κ3) is 43.2. The van der Waals surface area contributed by atoms with E-state index in [2.05, 4.69) is 69.4 Å². The number of carbonyl (C=O) groups is 4. The molecule has 446 valence electrons. The molecule has 0 radical (unpaired) electrons. The van der Waals surface area contributed by atoms with E-state index in [1.807, 2.05) is 0 Å². The first-order valence-corrected chi connectivity index (χ1v) is 31.6. The van der Waals surface area contributed by atoms with Crippen LogP contribution in [0.2, 0.25) is 0 Å². The maximum absolute atomic E-state index is 13.1. The van der Waals surface area contributed by atoms with Crippen molar-refractivity contribution in [1.82, 2.24) is 0 Å². The highest BCUT2D eigenvalue weighted by molar-refractivity contribution is 5.74. The van der Waals surface area contributed by atoms with Crippen LogP contribution in [0.3, 0.4) is 0 Å². The molecule has 0 bridgehead atoms. The van der Waals surface area contributed by atoms with E-state index in [1.54, 1.807) is 0 Å². The summed E-state index contributed by atoms with van der Waals surface area (Å²) in [4.78, 5) is 51.2. The van der Waals surface area contributed by atoms with Crippen molar-refractivity contribution in [2.75, 3.05) is 13.2 Å². The SMILES string of the molecule is CC/C=C\C/C=C\C/C=C\C/C=C\CCCCCCCCC(=O)OC1C(OCC(COC(=O)CCCCCCCCCCCCCCCCCCC)OC(=O)CCCCCCCCCCCCC)OC(C(=O)O)C(O)C1O. The number of hydrogen-bond acceptors (Lipinski definition) is 11. The van der Waals surface area contributed by atoms with Crippen LogP contribution in [0.1, 0.15) is 290 Å². The van der Waals surface area contributed by atoms with Crippen molar-refractivity contribution < 1.29 is 58.2 Å². The molecule has 1 aliphatic rings. The summed E-state index contributed by atoms with van der Waals surface area (Å²) in [6.45, 7) is 5.90. The predicted molar refractivity (Wildman–Crippen MR) is 312 cm³/mol. The smallest absolute Gasteiger partial charge is 0.335 e. The average molecular weight is 1090 g/mol. The number of unbranched alkanes of at least 4 members (excludes halogenated alkanes) is 32. The fraction of sp³-hybridized carbons (Fsp3) is 0.815. The minimum atomic E-state index is -1.91. The largest absolute Gasteiger partial charge is 0.479 e. The van der Waals surface area contributed by atoms with Gasteiger partial charge in [-0.15, -0.1) is 0 Å². The maximum Gasteiger partial charge on any atom is 0.335 e. The van der Waals surface area contributed by atoms with E-state index in [9.17, 15) is 34.5 Å². The van der Waals surface area contributed by atoms with Crippen LogP contribution in [-0.4, -0.2) is 89.2 Å². The van der Waals surface area contributed by atoms with Crippen LogP contribution in [0.4, 0.5) is 0 Å². The molecule has 6 atom stereocenters. The second-order valence-corrected chi connectivity index (χ2v) is 21.7. The number of carboxylic acid groups (broad SMARTS) is 1. The van der Waals surface area contributed by atoms with Crippen LogP contribution in [0.25, 0.3) is 0 Å². The maximum atomic E-state index is 13.1. The molecule has 1 saturated heterocycles. The molecule has 12 heteroatoms. The Morgan fingerprint density at radius 3 is 1.25 bits per heavy atom. The molecule has 1 heterocycles. The summed E-state index contributed by atoms with van der Waals surface area (Å²) in [5.41, 5.74) is 0. The molecule has 1 fully saturated rings. The summed E-state index contributed by atoms with van der Waals surface area (Å²) in [6, 6.07) is 0. The Morgan fingerprint density at radius 2 is 0.818 bits per heavy atom. The van der Waals surface area contributed by atoms with E-state index in [0.29, 0.717) is 19.3 Å². The van der Waals surface area contributed by atoms with Gasteiger partial charge in [0, 0.05) is 19.3 Å². The summed E-state index contributed by atoms with van der Waals surface area (Å²) in [5, 5.41) is 31.5. The van der Waals surface area contributed by atoms with Gasteiger partial charge in [-0.25, -0.2) is 4.79 Å². The quantitative estimate of drug-likeness (QED) is 0.0228. The lowest BCUT2D eigenvalue weighted by Crippen LogP contribution is -2.61. The topological polar surface area (TPSA) is 175 Å². The van der Waals surface area contributed by atoms with E-state index in [4.69, 9.17) is 23.7 Å². The first-order chi connectivity index (χ1) is 37.6. The molecule has 12 nitrogen and oxygen atoms in total. The Labute approximate surface area is 469 Å². The van der Waals surface area contributed by atoms with Crippen LogP contribution < -0.4 is 0 Å². The highest BCUT2D eigenvalue weighted by Crippen LogP contribution is 2.27. The van der Waals surface area contributed by atoms with Crippen molar-refractivity contribution in [3.63, 3.8) is 0 Å². The van der Waals surface area contributed by atoms with Gasteiger partial charge < -0.3 is 39.0 Å². The molecule has 0 aromatic rings. The second kappa shape index (κ2) is 53.3. The number of rotatable bonds is 54. The van der Waals surface area contributed by atoms with Crippen molar-refractivity contribution >= 4 is 23.9 Å². The lowest BCUT2D eigenvalue weighted by Gasteiger charge is -2.40. The number of hydrogen-bond donors (Lipinski definition) is 3. The van der Waals surface area contributed by atoms with Crippen molar-refractivity contribution in [3.05, 3.63) is 48.6 Å². The predicted octanol–water partition coefficient (Wildman–Crippen LogP) is 16.6. The molecule has 3 N–H and O–H groups in total. The number of allylic oxidation sites excluding steroid dienone is 8. The zero-order valence-corrected chi connectivity index (χ0v) is 49.2. The third-order valence-electron chi connectivity index (χ3n) is 14.4. The molecular formula is C65H114O12. The first-order valence-electron chi connectivity index (χ1n) is 31.6. The van der Waals surface area contributed by atoms with Gasteiger partial charge in [-0.1, -0.05) is 262 Å². The minimum Gasteiger partial charge on any atom is -0.479 e. The number of ether oxygens (including phenoxy) is 5. The Bertz CT molecular complexity index is 1520. The first kappa shape index (κ1) is 71.7. The lowest BCUT2D eigenvalue weighted by atomic mass is 9.98. The zero-order valence-electron chi connectivity index (χ0n) is 49.2. The highest BCUT2D eigenvalue weighted by atomic mass is 16.7. The van der Waals surface area contributed by atoms with Gasteiger partial charge in [-0.05, 0) is 57.8 Å². The zero-order chi connectivity index (χ0) is 56.1. The molecule has 0 aliphatic carbocycles. The summed E-state index contributed by atoms with van der Waals surface area (Å²) in [6.07, 6.45) is 52.2. The second-order valence-electron chi connectivity index (χ2n) is 21.7. The van der Waals surface area contributed by atoms with E-state index in [1.165, 1.54) is 128 Å². The molecule has 77 heavy (non-hydrogen) atoms. The van der Waals surface area contributed by atoms with E-state index in [0.717, 1.165) is 103 Å². The summed E-state index contributed by atoms with van der Waals surface area (Å²) >= 11 is 0. The number of esters is 3. The summed E-state index contributed by atoms with van der Waals surface area (Å²) in [7, 11) is 0. The number of aliphatic carboxylic acids is 1. The molecule has 0 spiro atoms. The minimum absolute atomic E-state index is 0.0467. The van der Waals surface area contributed by atoms with Crippen LogP contribution >= 0.6 is 0 Å². The summed E-state index contributed by atoms with van der Waals surface area (Å²) < 4.78 is 28.5. The van der Waals surface area contributed by atoms with Crippen molar-refractivity contribution in [3.8, 4) is 0 Å². The van der Waals surface area contributed by atoms with Gasteiger partial charge in [-0.2, -0.15) is 0 Å². The monoisotopic (exact) mass is 1090 g/mol. The van der Waals surface area contributed by atoms with E-state index < -0.39 is 67.3 Å². The fourth-order valence-corrected chi connectivity index (χ4v) is 9.60. The van der Waals surface area contributed by atoms with Crippen LogP contribution in [0.5, 0.6) is 0 Å². The molecule has 0 aromatic heterocycles. The van der Waals surface area contributed by atoms with Crippen LogP contribution in [-0.2, 0) is 42.9 Å². The molecule has 0 saturated carbocycles. The number of aliphatic hydroxyl groups is 2. The number of carboxylic acids is 1. The third-order valence-corrected chi connectivity index (χ3v) is 14.4. The van der Waals surface area contributed by atoms with Gasteiger partial charge in [0.15, 0.2) is 24.6 Å². The molecule has 0 amide bonds. The van der Waals surface area contributed by atoms with Gasteiger partial charge in [-0.3, -0.25) is 14.4 Å². The Kier molecular flexibility index (Phi) is 49.7. The van der Waals surface area contributed by atoms with Crippen molar-refractivity contribution in [1.29, 1.82) is 0 Å². The van der Waals surface area contributed by atoms with Gasteiger partial charge in [0.25, 0.3) is 0 Å². The van der Waals surface area contributed by atoms with Gasteiger partial charge in [0.1, 0.15) is 18.8 Å². The molecule has 6 unspecified atom stereocenters. The Hall–Kier alpha value is -3.32. The van der Waals surface area contributed by atoms with Crippen molar-refractivity contribution in [2.45, 2.75) is 327 Å². The highest BCUT2D eigenvalue weighted by Gasteiger charge is 2.50.